The molecule has 0 spiro atoms. The summed E-state index contributed by atoms with van der Waals surface area (Å²) in [5.41, 5.74) is 6.19. The molecule has 2 N–H and O–H groups in total. The largest absolute Gasteiger partial charge is 0.389 e. The first-order chi connectivity index (χ1) is 10.7. The van der Waals surface area contributed by atoms with Crippen LogP contribution in [-0.4, -0.2) is 17.2 Å². The molecular weight excluding hydrogens is 270 g/mol. The lowest BCUT2D eigenvalue weighted by atomic mass is 9.82. The van der Waals surface area contributed by atoms with Gasteiger partial charge in [-0.1, -0.05) is 24.8 Å². The zero-order chi connectivity index (χ0) is 15.5. The van der Waals surface area contributed by atoms with E-state index >= 15 is 0 Å². The summed E-state index contributed by atoms with van der Waals surface area (Å²) in [6.45, 7) is 9.27. The third-order valence-corrected chi connectivity index (χ3v) is 4.23. The molecule has 0 amide bonds. The first-order valence-electron chi connectivity index (χ1n) is 7.85. The van der Waals surface area contributed by atoms with E-state index in [0.717, 1.165) is 25.1 Å². The monoisotopic (exact) mass is 293 g/mol. The highest BCUT2D eigenvalue weighted by Gasteiger charge is 2.25. The van der Waals surface area contributed by atoms with E-state index in [1.807, 2.05) is 26.2 Å². The topological polar surface area (TPSA) is 40.2 Å². The highest BCUT2D eigenvalue weighted by atomic mass is 14.9. The Bertz CT molecular complexity index is 745. The first kappa shape index (κ1) is 14.6. The number of H-pyrrole nitrogens is 1. The highest BCUT2D eigenvalue weighted by molar-refractivity contribution is 5.94. The van der Waals surface area contributed by atoms with Crippen molar-refractivity contribution in [2.75, 3.05) is 6.54 Å². The third-order valence-electron chi connectivity index (χ3n) is 4.23. The lowest BCUT2D eigenvalue weighted by molar-refractivity contribution is 0.563. The Morgan fingerprint density at radius 2 is 2.23 bits per heavy atom. The van der Waals surface area contributed by atoms with E-state index in [0.29, 0.717) is 5.92 Å². The zero-order valence-corrected chi connectivity index (χ0v) is 13.3. The van der Waals surface area contributed by atoms with Gasteiger partial charge in [0.2, 0.25) is 0 Å². The van der Waals surface area contributed by atoms with Gasteiger partial charge in [0.25, 0.3) is 0 Å². The number of hydrogen-bond acceptors (Lipinski definition) is 2. The molecule has 0 fully saturated rings. The molecule has 3 nitrogen and oxygen atoms in total. The van der Waals surface area contributed by atoms with Gasteiger partial charge in [0.1, 0.15) is 0 Å². The minimum Gasteiger partial charge on any atom is -0.389 e. The summed E-state index contributed by atoms with van der Waals surface area (Å²) in [6, 6.07) is 8.50. The number of aromatic nitrogens is 1. The molecule has 3 rings (SSSR count). The predicted molar refractivity (Wildman–Crippen MR) is 95.1 cm³/mol. The molecule has 3 heteroatoms. The Hall–Kier alpha value is -2.29. The second kappa shape index (κ2) is 6.22. The number of fused-ring (bicyclic) bond motifs is 3. The second-order valence-electron chi connectivity index (χ2n) is 6.09. The molecule has 0 saturated heterocycles. The van der Waals surface area contributed by atoms with Gasteiger partial charge in [0.05, 0.1) is 0 Å². The van der Waals surface area contributed by atoms with Gasteiger partial charge in [-0.2, -0.15) is 0 Å². The van der Waals surface area contributed by atoms with Crippen LogP contribution in [0.25, 0.3) is 16.5 Å². The SMILES string of the molecule is C=C1c2c([nH]c3ccccc23)CCC1CN/C=C\N=C(C)C. The average molecular weight is 293 g/mol. The molecule has 22 heavy (non-hydrogen) atoms. The van der Waals surface area contributed by atoms with Crippen LogP contribution in [0.2, 0.25) is 0 Å². The fraction of sp³-hybridized carbons (Fsp3) is 0.316. The van der Waals surface area contributed by atoms with E-state index in [1.165, 1.54) is 27.7 Å². The summed E-state index contributed by atoms with van der Waals surface area (Å²) in [4.78, 5) is 7.78. The highest BCUT2D eigenvalue weighted by Crippen LogP contribution is 2.38. The zero-order valence-electron chi connectivity index (χ0n) is 13.3. The van der Waals surface area contributed by atoms with Gasteiger partial charge in [-0.25, -0.2) is 0 Å². The minimum atomic E-state index is 0.475. The predicted octanol–water partition coefficient (Wildman–Crippen LogP) is 4.29. The summed E-state index contributed by atoms with van der Waals surface area (Å²) in [7, 11) is 0. The van der Waals surface area contributed by atoms with E-state index < -0.39 is 0 Å². The van der Waals surface area contributed by atoms with Crippen LogP contribution >= 0.6 is 0 Å². The van der Waals surface area contributed by atoms with Crippen molar-refractivity contribution in [2.45, 2.75) is 26.7 Å². The molecule has 1 heterocycles. The van der Waals surface area contributed by atoms with Crippen molar-refractivity contribution < 1.29 is 0 Å². The number of nitrogens with one attached hydrogen (secondary N) is 2. The smallest absolute Gasteiger partial charge is 0.0462 e. The van der Waals surface area contributed by atoms with Crippen molar-refractivity contribution in [1.82, 2.24) is 10.3 Å². The standard InChI is InChI=1S/C19H23N3/c1-13(2)21-11-10-20-12-15-8-9-18-19(14(15)3)16-6-4-5-7-17(16)22-18/h4-7,10-11,15,20,22H,3,8-9,12H2,1-2H3/b11-10-. The summed E-state index contributed by atoms with van der Waals surface area (Å²) in [5.74, 6) is 0.475. The van der Waals surface area contributed by atoms with Gasteiger partial charge in [-0.15, -0.1) is 0 Å². The molecule has 2 aromatic rings. The molecule has 1 aliphatic carbocycles. The summed E-state index contributed by atoms with van der Waals surface area (Å²) < 4.78 is 0. The van der Waals surface area contributed by atoms with Crippen molar-refractivity contribution in [3.05, 3.63) is 54.5 Å². The molecule has 1 aliphatic rings. The second-order valence-corrected chi connectivity index (χ2v) is 6.09. The number of hydrogen-bond donors (Lipinski definition) is 2. The van der Waals surface area contributed by atoms with Gasteiger partial charge in [0.15, 0.2) is 0 Å². The summed E-state index contributed by atoms with van der Waals surface area (Å²) in [5, 5.41) is 4.65. The number of aromatic amines is 1. The Balaban J connectivity index is 1.74. The van der Waals surface area contributed by atoms with Gasteiger partial charge < -0.3 is 10.3 Å². The number of aryl methyl sites for hydroxylation is 1. The molecule has 1 unspecified atom stereocenters. The van der Waals surface area contributed by atoms with E-state index in [9.17, 15) is 0 Å². The lowest BCUT2D eigenvalue weighted by Crippen LogP contribution is -2.23. The molecule has 114 valence electrons. The molecule has 0 aliphatic heterocycles. The van der Waals surface area contributed by atoms with E-state index in [-0.39, 0.29) is 0 Å². The van der Waals surface area contributed by atoms with Gasteiger partial charge in [0, 0.05) is 52.7 Å². The molecule has 1 atom stereocenters. The van der Waals surface area contributed by atoms with Crippen molar-refractivity contribution in [2.24, 2.45) is 10.9 Å². The normalized spacial score (nSPS) is 17.7. The lowest BCUT2D eigenvalue weighted by Gasteiger charge is -2.25. The molecule has 0 radical (unpaired) electrons. The maximum absolute atomic E-state index is 4.37. The van der Waals surface area contributed by atoms with Crippen molar-refractivity contribution in [1.29, 1.82) is 0 Å². The molecular formula is C19H23N3. The van der Waals surface area contributed by atoms with Crippen LogP contribution in [0.1, 0.15) is 31.5 Å². The molecule has 1 aromatic carbocycles. The summed E-state index contributed by atoms with van der Waals surface area (Å²) in [6.07, 6.45) is 5.96. The minimum absolute atomic E-state index is 0.475. The van der Waals surface area contributed by atoms with E-state index in [4.69, 9.17) is 0 Å². The molecule has 0 bridgehead atoms. The molecule has 1 aromatic heterocycles. The fourth-order valence-corrected chi connectivity index (χ4v) is 3.12. The van der Waals surface area contributed by atoms with Crippen LogP contribution < -0.4 is 5.32 Å². The number of para-hydroxylation sites is 1. The maximum atomic E-state index is 4.37. The van der Waals surface area contributed by atoms with Crippen LogP contribution in [0.3, 0.4) is 0 Å². The Kier molecular flexibility index (Phi) is 4.14. The van der Waals surface area contributed by atoms with Crippen LogP contribution in [0.5, 0.6) is 0 Å². The van der Waals surface area contributed by atoms with Crippen molar-refractivity contribution in [3.63, 3.8) is 0 Å². The van der Waals surface area contributed by atoms with Crippen LogP contribution in [0.4, 0.5) is 0 Å². The number of nitrogens with zero attached hydrogens (tertiary/aromatic N) is 1. The van der Waals surface area contributed by atoms with E-state index in [2.05, 4.69) is 46.1 Å². The van der Waals surface area contributed by atoms with Gasteiger partial charge >= 0.3 is 0 Å². The quantitative estimate of drug-likeness (QED) is 0.811. The van der Waals surface area contributed by atoms with Gasteiger partial charge in [-0.3, -0.25) is 4.99 Å². The van der Waals surface area contributed by atoms with Crippen LogP contribution in [-0.2, 0) is 6.42 Å². The summed E-state index contributed by atoms with van der Waals surface area (Å²) >= 11 is 0. The molecule has 0 saturated carbocycles. The van der Waals surface area contributed by atoms with Crippen molar-refractivity contribution >= 4 is 22.2 Å². The third kappa shape index (κ3) is 2.84. The van der Waals surface area contributed by atoms with Crippen LogP contribution in [0, 0.1) is 5.92 Å². The number of aliphatic imine (C=N–C) groups is 1. The first-order valence-corrected chi connectivity index (χ1v) is 7.85. The average Bonchev–Trinajstić information content (AvgIpc) is 2.88. The van der Waals surface area contributed by atoms with Gasteiger partial charge in [-0.05, 0) is 38.3 Å². The Labute approximate surface area is 131 Å². The number of benzene rings is 1. The number of rotatable bonds is 4. The van der Waals surface area contributed by atoms with Crippen molar-refractivity contribution in [3.8, 4) is 0 Å². The maximum Gasteiger partial charge on any atom is 0.0462 e. The fourth-order valence-electron chi connectivity index (χ4n) is 3.12. The van der Waals surface area contributed by atoms with E-state index in [1.54, 1.807) is 0 Å². The Morgan fingerprint density at radius 1 is 1.41 bits per heavy atom. The van der Waals surface area contributed by atoms with Crippen LogP contribution in [0.15, 0.2) is 48.2 Å². The Morgan fingerprint density at radius 3 is 3.05 bits per heavy atom.